The molecule has 0 radical (unpaired) electrons. The van der Waals surface area contributed by atoms with Gasteiger partial charge in [0.15, 0.2) is 0 Å². The third-order valence-electron chi connectivity index (χ3n) is 6.05. The first-order valence-electron chi connectivity index (χ1n) is 11.7. The number of carbonyl (C=O) groups is 1. The number of rotatable bonds is 7. The number of sulfonamides is 1. The molecule has 5 rings (SSSR count). The largest absolute Gasteiger partial charge is 0.507 e. The van der Waals surface area contributed by atoms with Crippen molar-refractivity contribution in [2.45, 2.75) is 24.3 Å². The number of nitrogens with one attached hydrogen (secondary N) is 1. The van der Waals surface area contributed by atoms with E-state index in [4.69, 9.17) is 9.15 Å². The molecule has 0 saturated heterocycles. The van der Waals surface area contributed by atoms with Gasteiger partial charge in [-0.3, -0.25) is 4.79 Å². The lowest BCUT2D eigenvalue weighted by Crippen LogP contribution is -2.44. The first-order chi connectivity index (χ1) is 18.2. The van der Waals surface area contributed by atoms with Crippen LogP contribution in [-0.4, -0.2) is 25.5 Å². The number of ether oxygens (including phenoxy) is 1. The van der Waals surface area contributed by atoms with Crippen LogP contribution in [0, 0.1) is 6.92 Å². The maximum atomic E-state index is 13.3. The number of esters is 1. The summed E-state index contributed by atoms with van der Waals surface area (Å²) in [5, 5.41) is 10.8. The molecule has 5 aromatic rings. The summed E-state index contributed by atoms with van der Waals surface area (Å²) >= 11 is 0. The SMILES string of the molecule is Cc1ccc(S(=O)(=O)NC(Cc2ccccc2)C(=O)Oc2cc(O)c3c(=O)c4ccccc4oc3c2)cc1. The van der Waals surface area contributed by atoms with E-state index in [9.17, 15) is 23.1 Å². The van der Waals surface area contributed by atoms with Crippen LogP contribution in [0.1, 0.15) is 11.1 Å². The Morgan fingerprint density at radius 2 is 1.63 bits per heavy atom. The van der Waals surface area contributed by atoms with E-state index < -0.39 is 33.2 Å². The minimum atomic E-state index is -4.07. The van der Waals surface area contributed by atoms with Gasteiger partial charge in [0.25, 0.3) is 0 Å². The van der Waals surface area contributed by atoms with Crippen molar-refractivity contribution in [2.75, 3.05) is 0 Å². The molecule has 0 saturated carbocycles. The van der Waals surface area contributed by atoms with Gasteiger partial charge in [0.05, 0.1) is 10.3 Å². The lowest BCUT2D eigenvalue weighted by Gasteiger charge is -2.18. The molecule has 1 atom stereocenters. The summed E-state index contributed by atoms with van der Waals surface area (Å²) in [4.78, 5) is 26.2. The monoisotopic (exact) mass is 529 g/mol. The van der Waals surface area contributed by atoms with E-state index in [0.29, 0.717) is 16.5 Å². The number of benzene rings is 4. The maximum Gasteiger partial charge on any atom is 0.329 e. The van der Waals surface area contributed by atoms with Crippen LogP contribution in [0.5, 0.6) is 11.5 Å². The molecule has 0 bridgehead atoms. The maximum absolute atomic E-state index is 13.3. The second kappa shape index (κ2) is 10.1. The highest BCUT2D eigenvalue weighted by Crippen LogP contribution is 2.31. The van der Waals surface area contributed by atoms with E-state index in [-0.39, 0.29) is 28.0 Å². The van der Waals surface area contributed by atoms with Crippen LogP contribution in [0.2, 0.25) is 0 Å². The van der Waals surface area contributed by atoms with Crippen molar-refractivity contribution in [3.05, 3.63) is 112 Å². The van der Waals surface area contributed by atoms with Crippen LogP contribution >= 0.6 is 0 Å². The molecular formula is C29H23NO7S. The smallest absolute Gasteiger partial charge is 0.329 e. The Morgan fingerprint density at radius 3 is 2.37 bits per heavy atom. The molecule has 1 unspecified atom stereocenters. The third-order valence-corrected chi connectivity index (χ3v) is 7.54. The summed E-state index contributed by atoms with van der Waals surface area (Å²) in [6, 6.07) is 22.9. The second-order valence-electron chi connectivity index (χ2n) is 8.84. The summed E-state index contributed by atoms with van der Waals surface area (Å²) in [5.74, 6) is -1.43. The van der Waals surface area contributed by atoms with Gasteiger partial charge in [-0.2, -0.15) is 4.72 Å². The molecule has 1 heterocycles. The van der Waals surface area contributed by atoms with Gasteiger partial charge < -0.3 is 14.3 Å². The van der Waals surface area contributed by atoms with Crippen molar-refractivity contribution in [2.24, 2.45) is 0 Å². The number of aromatic hydroxyl groups is 1. The van der Waals surface area contributed by atoms with E-state index in [0.717, 1.165) is 11.6 Å². The number of phenolic OH excluding ortho intramolecular Hbond substituents is 1. The van der Waals surface area contributed by atoms with Gasteiger partial charge in [0, 0.05) is 12.1 Å². The molecule has 192 valence electrons. The molecule has 0 aliphatic carbocycles. The van der Waals surface area contributed by atoms with Crippen LogP contribution in [0.15, 0.2) is 105 Å². The summed E-state index contributed by atoms with van der Waals surface area (Å²) in [7, 11) is -4.07. The number of para-hydroxylation sites is 1. The molecular weight excluding hydrogens is 506 g/mol. The number of hydrogen-bond donors (Lipinski definition) is 2. The fraction of sp³-hybridized carbons (Fsp3) is 0.103. The van der Waals surface area contributed by atoms with Crippen LogP contribution in [0.25, 0.3) is 21.9 Å². The molecule has 9 heteroatoms. The Kier molecular flexibility index (Phi) is 6.71. The summed E-state index contributed by atoms with van der Waals surface area (Å²) in [5.41, 5.74) is 1.50. The van der Waals surface area contributed by atoms with E-state index in [1.165, 1.54) is 18.2 Å². The van der Waals surface area contributed by atoms with Gasteiger partial charge in [-0.05, 0) is 43.2 Å². The number of aryl methyl sites for hydroxylation is 1. The van der Waals surface area contributed by atoms with Gasteiger partial charge >= 0.3 is 5.97 Å². The first-order valence-corrected chi connectivity index (χ1v) is 13.2. The molecule has 38 heavy (non-hydrogen) atoms. The summed E-state index contributed by atoms with van der Waals surface area (Å²) < 4.78 is 39.9. The van der Waals surface area contributed by atoms with Gasteiger partial charge in [0.1, 0.15) is 34.1 Å². The van der Waals surface area contributed by atoms with E-state index in [2.05, 4.69) is 4.72 Å². The van der Waals surface area contributed by atoms with Crippen LogP contribution in [-0.2, 0) is 21.2 Å². The number of phenols is 1. The summed E-state index contributed by atoms with van der Waals surface area (Å²) in [6.45, 7) is 1.84. The van der Waals surface area contributed by atoms with Crippen LogP contribution in [0.3, 0.4) is 0 Å². The van der Waals surface area contributed by atoms with Crippen LogP contribution < -0.4 is 14.9 Å². The molecule has 2 N–H and O–H groups in total. The molecule has 4 aromatic carbocycles. The second-order valence-corrected chi connectivity index (χ2v) is 10.6. The van der Waals surface area contributed by atoms with Gasteiger partial charge in [-0.25, -0.2) is 13.2 Å². The van der Waals surface area contributed by atoms with Crippen molar-refractivity contribution in [1.29, 1.82) is 0 Å². The summed E-state index contributed by atoms with van der Waals surface area (Å²) in [6.07, 6.45) is 0.0179. The van der Waals surface area contributed by atoms with Crippen molar-refractivity contribution in [3.63, 3.8) is 0 Å². The Bertz CT molecular complexity index is 1810. The average Bonchev–Trinajstić information content (AvgIpc) is 2.89. The van der Waals surface area contributed by atoms with Gasteiger partial charge in [-0.15, -0.1) is 0 Å². The molecule has 0 fully saturated rings. The van der Waals surface area contributed by atoms with Crippen molar-refractivity contribution in [3.8, 4) is 11.5 Å². The zero-order valence-electron chi connectivity index (χ0n) is 20.2. The molecule has 0 aliphatic heterocycles. The van der Waals surface area contributed by atoms with Crippen molar-refractivity contribution >= 4 is 37.9 Å². The van der Waals surface area contributed by atoms with Crippen LogP contribution in [0.4, 0.5) is 0 Å². The Hall–Kier alpha value is -4.47. The third kappa shape index (κ3) is 5.15. The van der Waals surface area contributed by atoms with Crippen molar-refractivity contribution in [1.82, 2.24) is 4.72 Å². The molecule has 0 spiro atoms. The van der Waals surface area contributed by atoms with Crippen molar-refractivity contribution < 1.29 is 27.5 Å². The highest BCUT2D eigenvalue weighted by Gasteiger charge is 2.28. The van der Waals surface area contributed by atoms with E-state index in [1.807, 2.05) is 13.0 Å². The Morgan fingerprint density at radius 1 is 0.947 bits per heavy atom. The minimum Gasteiger partial charge on any atom is -0.507 e. The highest BCUT2D eigenvalue weighted by atomic mass is 32.2. The Balaban J connectivity index is 1.49. The predicted molar refractivity (Wildman–Crippen MR) is 143 cm³/mol. The quantitative estimate of drug-likeness (QED) is 0.181. The van der Waals surface area contributed by atoms with E-state index >= 15 is 0 Å². The average molecular weight is 530 g/mol. The number of hydrogen-bond acceptors (Lipinski definition) is 7. The van der Waals surface area contributed by atoms with Gasteiger partial charge in [0.2, 0.25) is 15.5 Å². The topological polar surface area (TPSA) is 123 Å². The molecule has 1 aromatic heterocycles. The number of fused-ring (bicyclic) bond motifs is 2. The minimum absolute atomic E-state index is 0.00552. The lowest BCUT2D eigenvalue weighted by molar-refractivity contribution is -0.136. The molecule has 8 nitrogen and oxygen atoms in total. The highest BCUT2D eigenvalue weighted by molar-refractivity contribution is 7.89. The fourth-order valence-corrected chi connectivity index (χ4v) is 5.31. The molecule has 0 aliphatic rings. The fourth-order valence-electron chi connectivity index (χ4n) is 4.12. The van der Waals surface area contributed by atoms with Gasteiger partial charge in [-0.1, -0.05) is 60.2 Å². The standard InChI is InChI=1S/C29H23NO7S/c1-18-11-13-21(14-12-18)38(34,35)30-23(15-19-7-3-2-4-8-19)29(33)36-20-16-24(31)27-26(17-20)37-25-10-6-5-9-22(25)28(27)32/h2-14,16-17,23,30-31H,15H2,1H3. The van der Waals surface area contributed by atoms with E-state index in [1.54, 1.807) is 60.7 Å². The zero-order chi connectivity index (χ0) is 26.9. The first kappa shape index (κ1) is 25.2. The number of carbonyl (C=O) groups excluding carboxylic acids is 1. The Labute approximate surface area is 218 Å². The zero-order valence-corrected chi connectivity index (χ0v) is 21.1. The lowest BCUT2D eigenvalue weighted by atomic mass is 10.1. The molecule has 0 amide bonds. The normalized spacial score (nSPS) is 12.4. The predicted octanol–water partition coefficient (Wildman–Crippen LogP) is 4.46.